The zero-order valence-corrected chi connectivity index (χ0v) is 19.3. The molecule has 176 valence electrons. The number of amides is 3. The second kappa shape index (κ2) is 11.7. The average Bonchev–Trinajstić information content (AvgIpc) is 2.81. The Morgan fingerprint density at radius 2 is 1.65 bits per heavy atom. The summed E-state index contributed by atoms with van der Waals surface area (Å²) in [5.41, 5.74) is 8.54. The third-order valence-electron chi connectivity index (χ3n) is 4.99. The lowest BCUT2D eigenvalue weighted by Gasteiger charge is -2.11. The largest absolute Gasteiger partial charge is 0.488 e. The Bertz CT molecular complexity index is 1170. The van der Waals surface area contributed by atoms with E-state index in [2.05, 4.69) is 10.6 Å². The highest BCUT2D eigenvalue weighted by atomic mass is 16.5. The maximum atomic E-state index is 12.7. The minimum Gasteiger partial charge on any atom is -0.488 e. The molecule has 0 radical (unpaired) electrons. The summed E-state index contributed by atoms with van der Waals surface area (Å²) >= 11 is 0. The van der Waals surface area contributed by atoms with E-state index in [-0.39, 0.29) is 24.3 Å². The smallest absolute Gasteiger partial charge is 0.252 e. The van der Waals surface area contributed by atoms with Gasteiger partial charge in [0.15, 0.2) is 0 Å². The van der Waals surface area contributed by atoms with E-state index in [1.807, 2.05) is 44.2 Å². The first-order valence-electron chi connectivity index (χ1n) is 11.1. The van der Waals surface area contributed by atoms with E-state index in [1.165, 1.54) is 0 Å². The minimum absolute atomic E-state index is 0.0336. The highest BCUT2D eigenvalue weighted by molar-refractivity contribution is 5.95. The summed E-state index contributed by atoms with van der Waals surface area (Å²) < 4.78 is 5.75. The highest BCUT2D eigenvalue weighted by Crippen LogP contribution is 2.19. The molecule has 0 aliphatic heterocycles. The molecule has 0 fully saturated rings. The first-order chi connectivity index (χ1) is 16.3. The Kier molecular flexibility index (Phi) is 8.40. The lowest BCUT2D eigenvalue weighted by atomic mass is 10.1. The lowest BCUT2D eigenvalue weighted by Crippen LogP contribution is -2.23. The van der Waals surface area contributed by atoms with E-state index in [0.717, 1.165) is 11.1 Å². The topological polar surface area (TPSA) is 111 Å². The molecule has 3 aromatic rings. The van der Waals surface area contributed by atoms with Gasteiger partial charge in [0, 0.05) is 24.2 Å². The van der Waals surface area contributed by atoms with Crippen LogP contribution in [0.15, 0.2) is 72.8 Å². The summed E-state index contributed by atoms with van der Waals surface area (Å²) in [6, 6.07) is 21.2. The fraction of sp³-hybridized carbons (Fsp3) is 0.222. The fourth-order valence-electron chi connectivity index (χ4n) is 3.39. The Morgan fingerprint density at radius 3 is 2.41 bits per heavy atom. The van der Waals surface area contributed by atoms with Crippen LogP contribution >= 0.6 is 0 Å². The van der Waals surface area contributed by atoms with Crippen LogP contribution in [0.1, 0.15) is 52.1 Å². The number of hydrogen-bond acceptors (Lipinski definition) is 4. The van der Waals surface area contributed by atoms with Crippen LogP contribution in [0.5, 0.6) is 5.75 Å². The third kappa shape index (κ3) is 7.20. The van der Waals surface area contributed by atoms with Crippen LogP contribution in [0.4, 0.5) is 5.69 Å². The molecule has 4 N–H and O–H groups in total. The maximum Gasteiger partial charge on any atom is 0.252 e. The van der Waals surface area contributed by atoms with Crippen molar-refractivity contribution in [2.75, 3.05) is 5.32 Å². The predicted octanol–water partition coefficient (Wildman–Crippen LogP) is 4.28. The number of nitrogens with two attached hydrogens (primary N) is 1. The van der Waals surface area contributed by atoms with Gasteiger partial charge in [0.1, 0.15) is 12.4 Å². The second-order valence-corrected chi connectivity index (χ2v) is 8.38. The number of anilines is 1. The Hall–Kier alpha value is -4.13. The number of carbonyl (C=O) groups excluding carboxylic acids is 3. The van der Waals surface area contributed by atoms with Crippen LogP contribution in [0, 0.1) is 5.92 Å². The van der Waals surface area contributed by atoms with Gasteiger partial charge >= 0.3 is 0 Å². The summed E-state index contributed by atoms with van der Waals surface area (Å²) in [6.45, 7) is 4.49. The van der Waals surface area contributed by atoms with Gasteiger partial charge in [-0.1, -0.05) is 50.2 Å². The molecule has 0 aliphatic rings. The second-order valence-electron chi connectivity index (χ2n) is 8.38. The van der Waals surface area contributed by atoms with Gasteiger partial charge in [-0.3, -0.25) is 14.4 Å². The number of benzene rings is 3. The Morgan fingerprint density at radius 1 is 0.912 bits per heavy atom. The number of rotatable bonds is 10. The predicted molar refractivity (Wildman–Crippen MR) is 131 cm³/mol. The summed E-state index contributed by atoms with van der Waals surface area (Å²) in [5.74, 6) is -0.152. The normalized spacial score (nSPS) is 10.6. The summed E-state index contributed by atoms with van der Waals surface area (Å²) in [7, 11) is 0. The molecule has 3 rings (SSSR count). The van der Waals surface area contributed by atoms with Gasteiger partial charge in [0.2, 0.25) is 5.91 Å². The first-order valence-corrected chi connectivity index (χ1v) is 11.1. The molecule has 0 saturated carbocycles. The van der Waals surface area contributed by atoms with E-state index in [9.17, 15) is 14.4 Å². The maximum absolute atomic E-state index is 12.7. The molecule has 3 amide bonds. The molecule has 7 heteroatoms. The van der Waals surface area contributed by atoms with Crippen molar-refractivity contribution in [3.63, 3.8) is 0 Å². The van der Waals surface area contributed by atoms with Crippen molar-refractivity contribution in [2.24, 2.45) is 11.7 Å². The fourth-order valence-corrected chi connectivity index (χ4v) is 3.39. The molecule has 0 saturated heterocycles. The van der Waals surface area contributed by atoms with Crippen LogP contribution in [0.2, 0.25) is 0 Å². The van der Waals surface area contributed by atoms with E-state index in [4.69, 9.17) is 10.5 Å². The highest BCUT2D eigenvalue weighted by Gasteiger charge is 2.11. The number of hydrogen-bond donors (Lipinski definition) is 3. The average molecular weight is 460 g/mol. The quantitative estimate of drug-likeness (QED) is 0.420. The molecule has 0 atom stereocenters. The Balaban J connectivity index is 1.58. The molecule has 3 aromatic carbocycles. The summed E-state index contributed by atoms with van der Waals surface area (Å²) in [4.78, 5) is 36.2. The van der Waals surface area contributed by atoms with Crippen LogP contribution in [-0.4, -0.2) is 17.7 Å². The molecular weight excluding hydrogens is 430 g/mol. The molecule has 0 aliphatic carbocycles. The van der Waals surface area contributed by atoms with Gasteiger partial charge < -0.3 is 21.1 Å². The number of ether oxygens (including phenoxy) is 1. The van der Waals surface area contributed by atoms with E-state index < -0.39 is 5.91 Å². The lowest BCUT2D eigenvalue weighted by molar-refractivity contribution is -0.116. The first kappa shape index (κ1) is 24.5. The SMILES string of the molecule is CC(C)CC(=O)Nc1cccc(CNC(=O)c2cccc(COc3ccccc3C(N)=O)c2)c1. The van der Waals surface area contributed by atoms with Crippen LogP contribution in [0.3, 0.4) is 0 Å². The van der Waals surface area contributed by atoms with Crippen molar-refractivity contribution >= 4 is 23.4 Å². The van der Waals surface area contributed by atoms with Gasteiger partial charge in [-0.25, -0.2) is 0 Å². The Labute approximate surface area is 199 Å². The van der Waals surface area contributed by atoms with Gasteiger partial charge in [-0.15, -0.1) is 0 Å². The molecule has 7 nitrogen and oxygen atoms in total. The van der Waals surface area contributed by atoms with Crippen molar-refractivity contribution in [2.45, 2.75) is 33.4 Å². The zero-order chi connectivity index (χ0) is 24.5. The molecule has 34 heavy (non-hydrogen) atoms. The molecule has 0 bridgehead atoms. The van der Waals surface area contributed by atoms with Crippen molar-refractivity contribution in [3.8, 4) is 5.75 Å². The van der Waals surface area contributed by atoms with Crippen LogP contribution in [-0.2, 0) is 17.9 Å². The van der Waals surface area contributed by atoms with Crippen molar-refractivity contribution in [3.05, 3.63) is 95.1 Å². The number of primary amides is 1. The molecule has 0 unspecified atom stereocenters. The van der Waals surface area contributed by atoms with Crippen molar-refractivity contribution < 1.29 is 19.1 Å². The summed E-state index contributed by atoms with van der Waals surface area (Å²) in [5, 5.41) is 5.78. The van der Waals surface area contributed by atoms with Crippen molar-refractivity contribution in [1.29, 1.82) is 0 Å². The standard InChI is InChI=1S/C27H29N3O4/c1-18(2)13-25(31)30-22-10-6-7-19(15-22)16-29-27(33)21-9-5-8-20(14-21)17-34-24-12-4-3-11-23(24)26(28)32/h3-12,14-15,18H,13,16-17H2,1-2H3,(H2,28,32)(H,29,33)(H,30,31). The zero-order valence-electron chi connectivity index (χ0n) is 19.3. The number of carbonyl (C=O) groups is 3. The van der Waals surface area contributed by atoms with Crippen molar-refractivity contribution in [1.82, 2.24) is 5.32 Å². The molecule has 0 heterocycles. The number of para-hydroxylation sites is 1. The van der Waals surface area contributed by atoms with Crippen LogP contribution < -0.4 is 21.1 Å². The van der Waals surface area contributed by atoms with E-state index in [0.29, 0.717) is 35.5 Å². The van der Waals surface area contributed by atoms with E-state index in [1.54, 1.807) is 42.5 Å². The van der Waals surface area contributed by atoms with Gasteiger partial charge in [0.05, 0.1) is 5.56 Å². The molecule has 0 aromatic heterocycles. The molecular formula is C27H29N3O4. The third-order valence-corrected chi connectivity index (χ3v) is 4.99. The van der Waals surface area contributed by atoms with Crippen LogP contribution in [0.25, 0.3) is 0 Å². The van der Waals surface area contributed by atoms with Gasteiger partial charge in [0.25, 0.3) is 11.8 Å². The van der Waals surface area contributed by atoms with E-state index >= 15 is 0 Å². The number of nitrogens with one attached hydrogen (secondary N) is 2. The summed E-state index contributed by atoms with van der Waals surface area (Å²) in [6.07, 6.45) is 0.454. The molecule has 0 spiro atoms. The van der Waals surface area contributed by atoms with Gasteiger partial charge in [-0.2, -0.15) is 0 Å². The minimum atomic E-state index is -0.563. The van der Waals surface area contributed by atoms with Gasteiger partial charge in [-0.05, 0) is 53.4 Å². The monoisotopic (exact) mass is 459 g/mol.